The van der Waals surface area contributed by atoms with Crippen LogP contribution in [0.15, 0.2) is 17.7 Å². The second kappa shape index (κ2) is 6.78. The molecule has 2 rings (SSSR count). The fraction of sp³-hybridized carbons (Fsp3) is 0.600. The van der Waals surface area contributed by atoms with Gasteiger partial charge in [0, 0.05) is 15.5 Å². The van der Waals surface area contributed by atoms with Gasteiger partial charge in [0.25, 0.3) is 0 Å². The predicted octanol–water partition coefficient (Wildman–Crippen LogP) is 4.54. The standard InChI is InChI=1S/C15H23NS2/c1-4-6-16-13(8-11(2)3)15-9-12-10-17-7-5-14(12)18-15/h8-9,13,16H,4-7,10H2,1-3H3. The third kappa shape index (κ3) is 3.62. The average molecular weight is 281 g/mol. The van der Waals surface area contributed by atoms with Gasteiger partial charge in [0.05, 0.1) is 6.04 Å². The van der Waals surface area contributed by atoms with E-state index in [0.29, 0.717) is 6.04 Å². The molecule has 18 heavy (non-hydrogen) atoms. The minimum atomic E-state index is 0.413. The zero-order chi connectivity index (χ0) is 13.0. The SMILES string of the molecule is CCCNC(C=C(C)C)c1cc2c(s1)CCSC2. The zero-order valence-electron chi connectivity index (χ0n) is 11.6. The Kier molecular flexibility index (Phi) is 5.34. The van der Waals surface area contributed by atoms with Crippen LogP contribution in [-0.2, 0) is 12.2 Å². The molecule has 1 N–H and O–H groups in total. The summed E-state index contributed by atoms with van der Waals surface area (Å²) in [6.07, 6.45) is 4.81. The molecule has 0 aliphatic carbocycles. The Balaban J connectivity index is 2.18. The topological polar surface area (TPSA) is 12.0 Å². The molecule has 0 saturated carbocycles. The van der Waals surface area contributed by atoms with Crippen molar-refractivity contribution < 1.29 is 0 Å². The molecule has 1 aromatic heterocycles. The first-order valence-electron chi connectivity index (χ1n) is 6.78. The van der Waals surface area contributed by atoms with Crippen LogP contribution < -0.4 is 5.32 Å². The van der Waals surface area contributed by atoms with Crippen LogP contribution in [0.25, 0.3) is 0 Å². The van der Waals surface area contributed by atoms with Gasteiger partial charge >= 0.3 is 0 Å². The lowest BCUT2D eigenvalue weighted by molar-refractivity contribution is 0.617. The maximum absolute atomic E-state index is 3.65. The maximum Gasteiger partial charge on any atom is 0.0603 e. The molecule has 1 atom stereocenters. The molecule has 3 heteroatoms. The molecule has 0 bridgehead atoms. The van der Waals surface area contributed by atoms with E-state index in [2.05, 4.69) is 50.0 Å². The summed E-state index contributed by atoms with van der Waals surface area (Å²) in [4.78, 5) is 3.12. The number of nitrogens with one attached hydrogen (secondary N) is 1. The summed E-state index contributed by atoms with van der Waals surface area (Å²) in [5.74, 6) is 2.50. The van der Waals surface area contributed by atoms with Gasteiger partial charge < -0.3 is 5.32 Å². The summed E-state index contributed by atoms with van der Waals surface area (Å²) in [6.45, 7) is 7.68. The summed E-state index contributed by atoms with van der Waals surface area (Å²) >= 11 is 4.08. The summed E-state index contributed by atoms with van der Waals surface area (Å²) in [7, 11) is 0. The molecule has 2 heterocycles. The van der Waals surface area contributed by atoms with Crippen molar-refractivity contribution in [1.29, 1.82) is 0 Å². The summed E-state index contributed by atoms with van der Waals surface area (Å²) < 4.78 is 0. The summed E-state index contributed by atoms with van der Waals surface area (Å²) in [5.41, 5.74) is 2.97. The van der Waals surface area contributed by atoms with E-state index in [4.69, 9.17) is 0 Å². The van der Waals surface area contributed by atoms with Crippen LogP contribution in [0.4, 0.5) is 0 Å². The highest BCUT2D eigenvalue weighted by Gasteiger charge is 2.17. The van der Waals surface area contributed by atoms with Gasteiger partial charge in [-0.15, -0.1) is 11.3 Å². The quantitative estimate of drug-likeness (QED) is 0.795. The fourth-order valence-corrected chi connectivity index (χ4v) is 4.62. The minimum Gasteiger partial charge on any atom is -0.306 e. The first-order chi connectivity index (χ1) is 8.70. The zero-order valence-corrected chi connectivity index (χ0v) is 13.2. The van der Waals surface area contributed by atoms with Crippen molar-refractivity contribution in [2.45, 2.75) is 45.4 Å². The van der Waals surface area contributed by atoms with Crippen molar-refractivity contribution in [2.75, 3.05) is 12.3 Å². The number of thiophene rings is 1. The molecular formula is C15H23NS2. The molecule has 0 spiro atoms. The number of allylic oxidation sites excluding steroid dienone is 1. The third-order valence-electron chi connectivity index (χ3n) is 3.07. The van der Waals surface area contributed by atoms with Gasteiger partial charge in [-0.05, 0) is 50.6 Å². The third-order valence-corrected chi connectivity index (χ3v) is 5.40. The highest BCUT2D eigenvalue weighted by molar-refractivity contribution is 7.98. The molecule has 1 aromatic rings. The lowest BCUT2D eigenvalue weighted by atomic mass is 10.1. The molecule has 1 unspecified atom stereocenters. The number of rotatable bonds is 5. The van der Waals surface area contributed by atoms with Gasteiger partial charge in [0.2, 0.25) is 0 Å². The monoisotopic (exact) mass is 281 g/mol. The molecule has 0 radical (unpaired) electrons. The van der Waals surface area contributed by atoms with Crippen LogP contribution in [0.1, 0.15) is 48.6 Å². The Labute approximate surface area is 119 Å². The van der Waals surface area contributed by atoms with Gasteiger partial charge in [0.1, 0.15) is 0 Å². The highest BCUT2D eigenvalue weighted by atomic mass is 32.2. The minimum absolute atomic E-state index is 0.413. The largest absolute Gasteiger partial charge is 0.306 e. The van der Waals surface area contributed by atoms with Crippen LogP contribution in [0.5, 0.6) is 0 Å². The van der Waals surface area contributed by atoms with Gasteiger partial charge in [-0.3, -0.25) is 0 Å². The molecular weight excluding hydrogens is 258 g/mol. The van der Waals surface area contributed by atoms with E-state index in [1.54, 1.807) is 10.4 Å². The van der Waals surface area contributed by atoms with E-state index in [1.807, 2.05) is 11.3 Å². The van der Waals surface area contributed by atoms with Crippen molar-refractivity contribution in [3.8, 4) is 0 Å². The number of hydrogen-bond acceptors (Lipinski definition) is 3. The predicted molar refractivity (Wildman–Crippen MR) is 84.7 cm³/mol. The van der Waals surface area contributed by atoms with Crippen LogP contribution in [0.2, 0.25) is 0 Å². The van der Waals surface area contributed by atoms with Gasteiger partial charge in [-0.25, -0.2) is 0 Å². The normalized spacial score (nSPS) is 16.2. The average Bonchev–Trinajstić information content (AvgIpc) is 2.77. The molecule has 100 valence electrons. The molecule has 0 aromatic carbocycles. The second-order valence-corrected chi connectivity index (χ2v) is 7.35. The Hall–Kier alpha value is -0.250. The van der Waals surface area contributed by atoms with E-state index in [9.17, 15) is 0 Å². The Bertz CT molecular complexity index is 393. The van der Waals surface area contributed by atoms with E-state index in [1.165, 1.54) is 34.8 Å². The second-order valence-electron chi connectivity index (χ2n) is 5.08. The van der Waals surface area contributed by atoms with E-state index in [0.717, 1.165) is 6.54 Å². The Morgan fingerprint density at radius 2 is 2.33 bits per heavy atom. The van der Waals surface area contributed by atoms with E-state index >= 15 is 0 Å². The lowest BCUT2D eigenvalue weighted by Gasteiger charge is -2.13. The Morgan fingerprint density at radius 1 is 1.50 bits per heavy atom. The Morgan fingerprint density at radius 3 is 3.00 bits per heavy atom. The van der Waals surface area contributed by atoms with Gasteiger partial charge in [-0.1, -0.05) is 18.6 Å². The highest BCUT2D eigenvalue weighted by Crippen LogP contribution is 2.35. The summed E-state index contributed by atoms with van der Waals surface area (Å²) in [5, 5.41) is 3.65. The number of fused-ring (bicyclic) bond motifs is 1. The number of aryl methyl sites for hydroxylation is 1. The molecule has 1 aliphatic rings. The van der Waals surface area contributed by atoms with Crippen LogP contribution in [0, 0.1) is 0 Å². The molecule has 0 amide bonds. The number of thioether (sulfide) groups is 1. The number of hydrogen-bond donors (Lipinski definition) is 1. The molecule has 1 nitrogen and oxygen atoms in total. The fourth-order valence-electron chi connectivity index (χ4n) is 2.20. The van der Waals surface area contributed by atoms with Crippen molar-refractivity contribution in [2.24, 2.45) is 0 Å². The lowest BCUT2D eigenvalue weighted by Crippen LogP contribution is -2.19. The van der Waals surface area contributed by atoms with Crippen molar-refractivity contribution >= 4 is 23.1 Å². The first-order valence-corrected chi connectivity index (χ1v) is 8.75. The van der Waals surface area contributed by atoms with Gasteiger partial charge in [-0.2, -0.15) is 11.8 Å². The first kappa shape index (κ1) is 14.2. The molecule has 0 saturated heterocycles. The summed E-state index contributed by atoms with van der Waals surface area (Å²) in [6, 6.07) is 2.84. The van der Waals surface area contributed by atoms with Gasteiger partial charge in [0.15, 0.2) is 0 Å². The maximum atomic E-state index is 3.65. The van der Waals surface area contributed by atoms with Crippen molar-refractivity contribution in [1.82, 2.24) is 5.32 Å². The van der Waals surface area contributed by atoms with Crippen molar-refractivity contribution in [3.05, 3.63) is 33.0 Å². The van der Waals surface area contributed by atoms with E-state index < -0.39 is 0 Å². The molecule has 0 fully saturated rings. The smallest absolute Gasteiger partial charge is 0.0603 e. The van der Waals surface area contributed by atoms with Crippen LogP contribution >= 0.6 is 23.1 Å². The molecule has 1 aliphatic heterocycles. The van der Waals surface area contributed by atoms with E-state index in [-0.39, 0.29) is 0 Å². The van der Waals surface area contributed by atoms with Crippen LogP contribution in [0.3, 0.4) is 0 Å². The van der Waals surface area contributed by atoms with Crippen LogP contribution in [-0.4, -0.2) is 12.3 Å². The van der Waals surface area contributed by atoms with Crippen molar-refractivity contribution in [3.63, 3.8) is 0 Å².